The van der Waals surface area contributed by atoms with E-state index in [0.29, 0.717) is 17.2 Å². The summed E-state index contributed by atoms with van der Waals surface area (Å²) in [4.78, 5) is 17.0. The Balaban J connectivity index is 1.51. The number of carbonyl (C=O) groups is 1. The number of aryl methyl sites for hydroxylation is 1. The first-order chi connectivity index (χ1) is 12.1. The smallest absolute Gasteiger partial charge is 0.228 e. The van der Waals surface area contributed by atoms with Crippen molar-refractivity contribution in [1.82, 2.24) is 9.55 Å². The van der Waals surface area contributed by atoms with Gasteiger partial charge in [-0.3, -0.25) is 4.79 Å². The number of aromatic nitrogens is 2. The minimum absolute atomic E-state index is 0.104. The summed E-state index contributed by atoms with van der Waals surface area (Å²) in [6, 6.07) is 15.0. The lowest BCUT2D eigenvalue weighted by molar-refractivity contribution is -0.115. The van der Waals surface area contributed by atoms with Gasteiger partial charge in [0.25, 0.3) is 0 Å². The fraction of sp³-hybridized carbons (Fsp3) is 0.250. The van der Waals surface area contributed by atoms with Crippen LogP contribution in [0.2, 0.25) is 0 Å². The van der Waals surface area contributed by atoms with Crippen LogP contribution >= 0.6 is 0 Å². The molecule has 1 N–H and O–H groups in total. The summed E-state index contributed by atoms with van der Waals surface area (Å²) >= 11 is 0. The first-order valence-corrected chi connectivity index (χ1v) is 8.39. The Morgan fingerprint density at radius 2 is 2.16 bits per heavy atom. The average Bonchev–Trinajstić information content (AvgIpc) is 3.39. The van der Waals surface area contributed by atoms with Gasteiger partial charge in [0.1, 0.15) is 5.82 Å². The predicted octanol–water partition coefficient (Wildman–Crippen LogP) is 3.50. The lowest BCUT2D eigenvalue weighted by Crippen LogP contribution is -2.14. The topological polar surface area (TPSA) is 70.7 Å². The van der Waals surface area contributed by atoms with Gasteiger partial charge in [0, 0.05) is 18.7 Å². The van der Waals surface area contributed by atoms with Crippen molar-refractivity contribution in [3.63, 3.8) is 0 Å². The SMILES string of the molecule is Cn1c(C2CC2)nc2cc(CC(=O)Nc3cccc(C#N)c3)ccc21. The second-order valence-corrected chi connectivity index (χ2v) is 6.54. The minimum Gasteiger partial charge on any atom is -0.331 e. The molecule has 0 aliphatic heterocycles. The summed E-state index contributed by atoms with van der Waals surface area (Å²) in [5, 5.41) is 11.8. The number of amides is 1. The molecule has 0 saturated heterocycles. The predicted molar refractivity (Wildman–Crippen MR) is 96.2 cm³/mol. The van der Waals surface area contributed by atoms with E-state index in [1.165, 1.54) is 12.8 Å². The normalized spacial score (nSPS) is 13.6. The minimum atomic E-state index is -0.104. The number of carbonyl (C=O) groups excluding carboxylic acids is 1. The molecule has 1 fully saturated rings. The number of nitrogens with one attached hydrogen (secondary N) is 1. The molecule has 1 heterocycles. The zero-order valence-electron chi connectivity index (χ0n) is 14.0. The van der Waals surface area contributed by atoms with Crippen molar-refractivity contribution in [1.29, 1.82) is 5.26 Å². The summed E-state index contributed by atoms with van der Waals surface area (Å²) in [6.45, 7) is 0. The highest BCUT2D eigenvalue weighted by Crippen LogP contribution is 2.40. The Hall–Kier alpha value is -3.13. The third-order valence-electron chi connectivity index (χ3n) is 4.56. The van der Waals surface area contributed by atoms with E-state index in [4.69, 9.17) is 10.2 Å². The highest BCUT2D eigenvalue weighted by Gasteiger charge is 2.28. The van der Waals surface area contributed by atoms with E-state index in [9.17, 15) is 4.79 Å². The van der Waals surface area contributed by atoms with Crippen LogP contribution in [0.1, 0.15) is 35.7 Å². The quantitative estimate of drug-likeness (QED) is 0.796. The van der Waals surface area contributed by atoms with Crippen LogP contribution in [-0.4, -0.2) is 15.5 Å². The number of fused-ring (bicyclic) bond motifs is 1. The van der Waals surface area contributed by atoms with E-state index in [1.807, 2.05) is 18.2 Å². The fourth-order valence-corrected chi connectivity index (χ4v) is 3.14. The molecule has 124 valence electrons. The van der Waals surface area contributed by atoms with Crippen molar-refractivity contribution in [3.05, 3.63) is 59.4 Å². The van der Waals surface area contributed by atoms with Gasteiger partial charge in [-0.15, -0.1) is 0 Å². The van der Waals surface area contributed by atoms with Gasteiger partial charge >= 0.3 is 0 Å². The number of imidazole rings is 1. The van der Waals surface area contributed by atoms with Gasteiger partial charge in [0.2, 0.25) is 5.91 Å². The van der Waals surface area contributed by atoms with E-state index < -0.39 is 0 Å². The molecule has 1 aromatic heterocycles. The highest BCUT2D eigenvalue weighted by atomic mass is 16.1. The molecule has 1 aliphatic rings. The highest BCUT2D eigenvalue weighted by molar-refractivity contribution is 5.93. The summed E-state index contributed by atoms with van der Waals surface area (Å²) < 4.78 is 2.16. The van der Waals surface area contributed by atoms with Crippen molar-refractivity contribution in [3.8, 4) is 6.07 Å². The molecular formula is C20H18N4O. The van der Waals surface area contributed by atoms with Gasteiger partial charge in [-0.1, -0.05) is 12.1 Å². The summed E-state index contributed by atoms with van der Waals surface area (Å²) in [5.74, 6) is 1.63. The second-order valence-electron chi connectivity index (χ2n) is 6.54. The maximum atomic E-state index is 12.3. The molecule has 0 unspecified atom stereocenters. The summed E-state index contributed by atoms with van der Waals surface area (Å²) in [5.41, 5.74) is 4.15. The van der Waals surface area contributed by atoms with Crippen LogP contribution in [0.15, 0.2) is 42.5 Å². The van der Waals surface area contributed by atoms with Crippen molar-refractivity contribution in [2.45, 2.75) is 25.2 Å². The molecule has 0 spiro atoms. The second kappa shape index (κ2) is 6.06. The van der Waals surface area contributed by atoms with Crippen LogP contribution < -0.4 is 5.32 Å². The Bertz CT molecular complexity index is 1010. The molecule has 2 aromatic carbocycles. The molecule has 3 aromatic rings. The summed E-state index contributed by atoms with van der Waals surface area (Å²) in [7, 11) is 2.05. The molecule has 1 amide bonds. The van der Waals surface area contributed by atoms with Gasteiger partial charge in [0.15, 0.2) is 0 Å². The van der Waals surface area contributed by atoms with E-state index >= 15 is 0 Å². The van der Waals surface area contributed by atoms with Crippen LogP contribution in [0.4, 0.5) is 5.69 Å². The summed E-state index contributed by atoms with van der Waals surface area (Å²) in [6.07, 6.45) is 2.71. The number of hydrogen-bond acceptors (Lipinski definition) is 3. The van der Waals surface area contributed by atoms with Crippen molar-refractivity contribution >= 4 is 22.6 Å². The maximum absolute atomic E-state index is 12.3. The largest absolute Gasteiger partial charge is 0.331 e. The van der Waals surface area contributed by atoms with Gasteiger partial charge in [0.05, 0.1) is 29.1 Å². The first-order valence-electron chi connectivity index (χ1n) is 8.39. The zero-order chi connectivity index (χ0) is 17.4. The van der Waals surface area contributed by atoms with Gasteiger partial charge in [-0.05, 0) is 48.7 Å². The number of nitrogens with zero attached hydrogens (tertiary/aromatic N) is 3. The van der Waals surface area contributed by atoms with Crippen LogP contribution in [0.5, 0.6) is 0 Å². The van der Waals surface area contributed by atoms with Crippen LogP contribution in [0, 0.1) is 11.3 Å². The average molecular weight is 330 g/mol. The molecule has 1 aliphatic carbocycles. The number of hydrogen-bond donors (Lipinski definition) is 1. The Labute approximate surface area is 145 Å². The van der Waals surface area contributed by atoms with Crippen LogP contribution in [0.3, 0.4) is 0 Å². The Kier molecular flexibility index (Phi) is 3.73. The fourth-order valence-electron chi connectivity index (χ4n) is 3.14. The molecule has 5 nitrogen and oxygen atoms in total. The van der Waals surface area contributed by atoms with Crippen LogP contribution in [-0.2, 0) is 18.3 Å². The number of benzene rings is 2. The van der Waals surface area contributed by atoms with Crippen molar-refractivity contribution in [2.75, 3.05) is 5.32 Å². The van der Waals surface area contributed by atoms with E-state index in [1.54, 1.807) is 24.3 Å². The van der Waals surface area contributed by atoms with E-state index in [0.717, 1.165) is 22.4 Å². The molecule has 5 heteroatoms. The third kappa shape index (κ3) is 3.11. The maximum Gasteiger partial charge on any atom is 0.228 e. The van der Waals surface area contributed by atoms with Crippen molar-refractivity contribution < 1.29 is 4.79 Å². The van der Waals surface area contributed by atoms with Crippen LogP contribution in [0.25, 0.3) is 11.0 Å². The monoisotopic (exact) mass is 330 g/mol. The van der Waals surface area contributed by atoms with E-state index in [2.05, 4.69) is 23.0 Å². The molecule has 0 radical (unpaired) electrons. The molecule has 0 bridgehead atoms. The third-order valence-corrected chi connectivity index (χ3v) is 4.56. The Morgan fingerprint density at radius 1 is 1.32 bits per heavy atom. The van der Waals surface area contributed by atoms with E-state index in [-0.39, 0.29) is 12.3 Å². The van der Waals surface area contributed by atoms with Gasteiger partial charge < -0.3 is 9.88 Å². The molecule has 0 atom stereocenters. The Morgan fingerprint density at radius 3 is 2.92 bits per heavy atom. The molecule has 25 heavy (non-hydrogen) atoms. The lowest BCUT2D eigenvalue weighted by atomic mass is 10.1. The van der Waals surface area contributed by atoms with Crippen molar-refractivity contribution in [2.24, 2.45) is 7.05 Å². The molecular weight excluding hydrogens is 312 g/mol. The number of nitriles is 1. The van der Waals surface area contributed by atoms with Gasteiger partial charge in [-0.25, -0.2) is 4.98 Å². The zero-order valence-corrected chi connectivity index (χ0v) is 14.0. The lowest BCUT2D eigenvalue weighted by Gasteiger charge is -2.06. The standard InChI is InChI=1S/C20H18N4O/c1-24-18-8-5-13(10-17(18)23-20(24)15-6-7-15)11-19(25)22-16-4-2-3-14(9-16)12-21/h2-5,8-10,15H,6-7,11H2,1H3,(H,22,25). The first kappa shape index (κ1) is 15.4. The van der Waals surface area contributed by atoms with Gasteiger partial charge in [-0.2, -0.15) is 5.26 Å². The number of anilines is 1. The number of rotatable bonds is 4. The molecule has 4 rings (SSSR count). The molecule has 1 saturated carbocycles.